The number of ether oxygens (including phenoxy) is 1. The van der Waals surface area contributed by atoms with Crippen molar-refractivity contribution in [1.29, 1.82) is 0 Å². The van der Waals surface area contributed by atoms with Crippen LogP contribution in [0, 0.1) is 0 Å². The molecule has 0 aromatic carbocycles. The van der Waals surface area contributed by atoms with Crippen LogP contribution < -0.4 is 0 Å². The van der Waals surface area contributed by atoms with E-state index in [9.17, 15) is 9.00 Å². The van der Waals surface area contributed by atoms with Crippen LogP contribution in [-0.2, 0) is 22.1 Å². The Morgan fingerprint density at radius 1 is 1.60 bits per heavy atom. The van der Waals surface area contributed by atoms with Crippen molar-refractivity contribution in [3.63, 3.8) is 0 Å². The number of nitrogens with zero attached hydrogens (tertiary/aromatic N) is 1. The number of aromatic nitrogens is 1. The van der Waals surface area contributed by atoms with Crippen LogP contribution in [0.5, 0.6) is 0 Å². The van der Waals surface area contributed by atoms with Gasteiger partial charge in [0.15, 0.2) is 0 Å². The summed E-state index contributed by atoms with van der Waals surface area (Å²) in [6.07, 6.45) is 1.26. The standard InChI is InChI=1S/C9H9NO4S/c11-9(12)6-3-8-7(10-4-6)5-14-1-2-15(8)13/h3-4H,1-2,5H2,(H,11,12). The van der Waals surface area contributed by atoms with Gasteiger partial charge in [-0.3, -0.25) is 9.19 Å². The van der Waals surface area contributed by atoms with E-state index >= 15 is 0 Å². The molecular weight excluding hydrogens is 218 g/mol. The van der Waals surface area contributed by atoms with Gasteiger partial charge in [0, 0.05) is 6.20 Å². The lowest BCUT2D eigenvalue weighted by molar-refractivity contribution is 0.0695. The Labute approximate surface area is 88.5 Å². The molecule has 5 nitrogen and oxygen atoms in total. The molecule has 1 aromatic heterocycles. The van der Waals surface area contributed by atoms with Crippen LogP contribution >= 0.6 is 0 Å². The molecule has 1 aliphatic rings. The van der Waals surface area contributed by atoms with Crippen LogP contribution in [0.2, 0.25) is 0 Å². The van der Waals surface area contributed by atoms with Gasteiger partial charge in [-0.1, -0.05) is 0 Å². The number of carbonyl (C=O) groups is 1. The first-order chi connectivity index (χ1) is 7.18. The van der Waals surface area contributed by atoms with Crippen LogP contribution in [0.25, 0.3) is 0 Å². The quantitative estimate of drug-likeness (QED) is 0.752. The Morgan fingerprint density at radius 2 is 2.40 bits per heavy atom. The summed E-state index contributed by atoms with van der Waals surface area (Å²) in [7, 11) is -1.21. The normalized spacial score (nSPS) is 20.4. The summed E-state index contributed by atoms with van der Waals surface area (Å²) in [5.74, 6) is -0.676. The molecule has 0 radical (unpaired) electrons. The number of pyridine rings is 1. The van der Waals surface area contributed by atoms with E-state index in [1.54, 1.807) is 0 Å². The van der Waals surface area contributed by atoms with Crippen LogP contribution in [0.3, 0.4) is 0 Å². The highest BCUT2D eigenvalue weighted by Crippen LogP contribution is 2.17. The summed E-state index contributed by atoms with van der Waals surface area (Å²) in [4.78, 5) is 15.1. The lowest BCUT2D eigenvalue weighted by atomic mass is 10.2. The van der Waals surface area contributed by atoms with Crippen molar-refractivity contribution in [1.82, 2.24) is 4.98 Å². The van der Waals surface area contributed by atoms with Gasteiger partial charge in [0.25, 0.3) is 0 Å². The number of carboxylic acids is 1. The number of hydrogen-bond acceptors (Lipinski definition) is 4. The van der Waals surface area contributed by atoms with Gasteiger partial charge in [-0.15, -0.1) is 0 Å². The minimum Gasteiger partial charge on any atom is -0.478 e. The van der Waals surface area contributed by atoms with Crippen LogP contribution in [0.4, 0.5) is 0 Å². The van der Waals surface area contributed by atoms with E-state index in [2.05, 4.69) is 4.98 Å². The van der Waals surface area contributed by atoms with Crippen LogP contribution in [0.1, 0.15) is 16.1 Å². The molecule has 0 aliphatic carbocycles. The average molecular weight is 227 g/mol. The molecule has 1 atom stereocenters. The maximum Gasteiger partial charge on any atom is 0.337 e. The molecule has 0 bridgehead atoms. The van der Waals surface area contributed by atoms with Gasteiger partial charge < -0.3 is 9.84 Å². The topological polar surface area (TPSA) is 76.5 Å². The molecule has 80 valence electrons. The SMILES string of the molecule is O=C(O)c1cnc2c(c1)S(=O)CCOC2. The van der Waals surface area contributed by atoms with E-state index in [0.717, 1.165) is 0 Å². The molecular formula is C9H9NO4S. The predicted octanol–water partition coefficient (Wildman–Crippen LogP) is 0.418. The van der Waals surface area contributed by atoms with Crippen molar-refractivity contribution < 1.29 is 18.8 Å². The molecule has 1 aliphatic heterocycles. The van der Waals surface area contributed by atoms with Gasteiger partial charge in [0.1, 0.15) is 0 Å². The molecule has 0 saturated heterocycles. The average Bonchev–Trinajstić information content (AvgIpc) is 2.40. The fraction of sp³-hybridized carbons (Fsp3) is 0.333. The molecule has 0 fully saturated rings. The number of rotatable bonds is 1. The van der Waals surface area contributed by atoms with Gasteiger partial charge in [-0.05, 0) is 6.07 Å². The Morgan fingerprint density at radius 3 is 3.13 bits per heavy atom. The van der Waals surface area contributed by atoms with Gasteiger partial charge in [-0.2, -0.15) is 0 Å². The molecule has 0 saturated carbocycles. The van der Waals surface area contributed by atoms with E-state index in [0.29, 0.717) is 29.6 Å². The fourth-order valence-corrected chi connectivity index (χ4v) is 2.43. The molecule has 0 amide bonds. The maximum absolute atomic E-state index is 11.7. The smallest absolute Gasteiger partial charge is 0.337 e. The van der Waals surface area contributed by atoms with Crippen molar-refractivity contribution in [2.45, 2.75) is 11.5 Å². The third-order valence-corrected chi connectivity index (χ3v) is 3.46. The first kappa shape index (κ1) is 10.3. The molecule has 2 rings (SSSR count). The molecule has 6 heteroatoms. The summed E-state index contributed by atoms with van der Waals surface area (Å²) < 4.78 is 16.9. The zero-order valence-electron chi connectivity index (χ0n) is 7.80. The summed E-state index contributed by atoms with van der Waals surface area (Å²) >= 11 is 0. The Kier molecular flexibility index (Phi) is 2.79. The zero-order valence-corrected chi connectivity index (χ0v) is 8.62. The van der Waals surface area contributed by atoms with Gasteiger partial charge in [0.2, 0.25) is 0 Å². The highest BCUT2D eigenvalue weighted by Gasteiger charge is 2.17. The van der Waals surface area contributed by atoms with Crippen molar-refractivity contribution in [3.05, 3.63) is 23.5 Å². The van der Waals surface area contributed by atoms with Gasteiger partial charge in [0.05, 0.1) is 45.9 Å². The second kappa shape index (κ2) is 4.08. The van der Waals surface area contributed by atoms with Gasteiger partial charge >= 0.3 is 5.97 Å². The Bertz CT molecular complexity index is 432. The lowest BCUT2D eigenvalue weighted by Gasteiger charge is -2.03. The van der Waals surface area contributed by atoms with E-state index < -0.39 is 16.8 Å². The minimum absolute atomic E-state index is 0.0593. The molecule has 1 N–H and O–H groups in total. The van der Waals surface area contributed by atoms with Gasteiger partial charge in [-0.25, -0.2) is 4.79 Å². The van der Waals surface area contributed by atoms with E-state index in [1.807, 2.05) is 0 Å². The largest absolute Gasteiger partial charge is 0.478 e. The highest BCUT2D eigenvalue weighted by molar-refractivity contribution is 7.85. The summed E-state index contributed by atoms with van der Waals surface area (Å²) in [5, 5.41) is 8.77. The molecule has 1 aromatic rings. The monoisotopic (exact) mass is 227 g/mol. The van der Waals surface area contributed by atoms with E-state index in [1.165, 1.54) is 12.3 Å². The van der Waals surface area contributed by atoms with Crippen LogP contribution in [-0.4, -0.2) is 32.6 Å². The van der Waals surface area contributed by atoms with Crippen molar-refractivity contribution in [3.8, 4) is 0 Å². The van der Waals surface area contributed by atoms with Crippen LogP contribution in [0.15, 0.2) is 17.2 Å². The Hall–Kier alpha value is -1.27. The first-order valence-corrected chi connectivity index (χ1v) is 5.68. The summed E-state index contributed by atoms with van der Waals surface area (Å²) in [5.41, 5.74) is 0.625. The third-order valence-electron chi connectivity index (χ3n) is 2.07. The molecule has 1 unspecified atom stereocenters. The molecule has 2 heterocycles. The van der Waals surface area contributed by atoms with Crippen molar-refractivity contribution in [2.75, 3.05) is 12.4 Å². The molecule has 0 spiro atoms. The van der Waals surface area contributed by atoms with Crippen molar-refractivity contribution >= 4 is 16.8 Å². The third kappa shape index (κ3) is 2.05. The van der Waals surface area contributed by atoms with Crippen molar-refractivity contribution in [2.24, 2.45) is 0 Å². The summed E-state index contributed by atoms with van der Waals surface area (Å²) in [6, 6.07) is 1.41. The second-order valence-corrected chi connectivity index (χ2v) is 4.62. The lowest BCUT2D eigenvalue weighted by Crippen LogP contribution is -2.05. The van der Waals surface area contributed by atoms with E-state index in [-0.39, 0.29) is 5.56 Å². The second-order valence-electron chi connectivity index (χ2n) is 3.08. The number of aromatic carboxylic acids is 1. The summed E-state index contributed by atoms with van der Waals surface area (Å²) in [6.45, 7) is 0.701. The fourth-order valence-electron chi connectivity index (χ4n) is 1.31. The number of fused-ring (bicyclic) bond motifs is 1. The predicted molar refractivity (Wildman–Crippen MR) is 52.1 cm³/mol. The minimum atomic E-state index is -1.21. The Balaban J connectivity index is 2.48. The zero-order chi connectivity index (χ0) is 10.8. The first-order valence-electron chi connectivity index (χ1n) is 4.37. The number of hydrogen-bond donors (Lipinski definition) is 1. The van der Waals surface area contributed by atoms with E-state index in [4.69, 9.17) is 9.84 Å². The number of carboxylic acid groups (broad SMARTS) is 1. The highest BCUT2D eigenvalue weighted by atomic mass is 32.2. The molecule has 15 heavy (non-hydrogen) atoms. The maximum atomic E-state index is 11.7.